The molecule has 1 aromatic carbocycles. The molecule has 0 saturated heterocycles. The van der Waals surface area contributed by atoms with Gasteiger partial charge in [-0.25, -0.2) is 0 Å². The minimum atomic E-state index is -0.449. The highest BCUT2D eigenvalue weighted by molar-refractivity contribution is 5.47. The first-order valence-electron chi connectivity index (χ1n) is 7.10. The number of aromatic nitrogens is 2. The van der Waals surface area contributed by atoms with E-state index in [4.69, 9.17) is 5.26 Å². The summed E-state index contributed by atoms with van der Waals surface area (Å²) in [6.07, 6.45) is 0. The molecule has 0 aliphatic carbocycles. The van der Waals surface area contributed by atoms with Crippen LogP contribution < -0.4 is 5.32 Å². The van der Waals surface area contributed by atoms with Crippen LogP contribution in [0, 0.1) is 25.2 Å². The van der Waals surface area contributed by atoms with Crippen molar-refractivity contribution in [3.05, 3.63) is 46.8 Å². The van der Waals surface area contributed by atoms with Crippen molar-refractivity contribution in [2.45, 2.75) is 39.7 Å². The van der Waals surface area contributed by atoms with Gasteiger partial charge in [-0.05, 0) is 45.4 Å². The summed E-state index contributed by atoms with van der Waals surface area (Å²) in [6, 6.07) is 10.4. The first-order valence-corrected chi connectivity index (χ1v) is 7.10. The monoisotopic (exact) mass is 282 g/mol. The molecule has 4 nitrogen and oxygen atoms in total. The van der Waals surface area contributed by atoms with Crippen molar-refractivity contribution in [3.63, 3.8) is 0 Å². The maximum atomic E-state index is 9.16. The third-order valence-electron chi connectivity index (χ3n) is 4.01. The highest BCUT2D eigenvalue weighted by Gasteiger charge is 2.19. The lowest BCUT2D eigenvalue weighted by molar-refractivity contribution is 0.687. The fraction of sp³-hybridized carbons (Fsp3) is 0.412. The van der Waals surface area contributed by atoms with Crippen LogP contribution in [0.25, 0.3) is 0 Å². The van der Waals surface area contributed by atoms with Crippen molar-refractivity contribution in [1.82, 2.24) is 9.78 Å². The average Bonchev–Trinajstić information content (AvgIpc) is 2.71. The van der Waals surface area contributed by atoms with Crippen LogP contribution in [0.2, 0.25) is 0 Å². The maximum Gasteiger partial charge on any atom is 0.0766 e. The van der Waals surface area contributed by atoms with E-state index in [2.05, 4.69) is 23.4 Å². The van der Waals surface area contributed by atoms with Gasteiger partial charge in [0.1, 0.15) is 0 Å². The van der Waals surface area contributed by atoms with Gasteiger partial charge < -0.3 is 5.32 Å². The second kappa shape index (κ2) is 5.61. The number of hydrogen-bond acceptors (Lipinski definition) is 3. The number of rotatable bonds is 4. The van der Waals surface area contributed by atoms with Crippen molar-refractivity contribution in [2.75, 3.05) is 5.32 Å². The molecule has 0 saturated carbocycles. The molecule has 0 aliphatic rings. The third-order valence-corrected chi connectivity index (χ3v) is 4.01. The van der Waals surface area contributed by atoms with E-state index in [1.54, 1.807) is 0 Å². The number of nitrogens with zero attached hydrogens (tertiary/aromatic N) is 3. The van der Waals surface area contributed by atoms with Crippen LogP contribution in [0.3, 0.4) is 0 Å². The zero-order chi connectivity index (χ0) is 15.6. The third kappa shape index (κ3) is 3.08. The Labute approximate surface area is 126 Å². The summed E-state index contributed by atoms with van der Waals surface area (Å²) < 4.78 is 1.91. The second-order valence-corrected chi connectivity index (χ2v) is 5.94. The summed E-state index contributed by atoms with van der Waals surface area (Å²) >= 11 is 0. The van der Waals surface area contributed by atoms with Gasteiger partial charge in [-0.2, -0.15) is 10.4 Å². The summed E-state index contributed by atoms with van der Waals surface area (Å²) in [4.78, 5) is 0. The van der Waals surface area contributed by atoms with Gasteiger partial charge in [0.15, 0.2) is 0 Å². The van der Waals surface area contributed by atoms with Crippen molar-refractivity contribution >= 4 is 5.69 Å². The lowest BCUT2D eigenvalue weighted by Crippen LogP contribution is -2.13. The zero-order valence-electron chi connectivity index (χ0n) is 13.4. The van der Waals surface area contributed by atoms with E-state index in [-0.39, 0.29) is 0 Å². The molecule has 110 valence electrons. The van der Waals surface area contributed by atoms with Crippen molar-refractivity contribution in [2.24, 2.45) is 7.05 Å². The van der Waals surface area contributed by atoms with Crippen LogP contribution in [-0.4, -0.2) is 9.78 Å². The van der Waals surface area contributed by atoms with Gasteiger partial charge in [-0.3, -0.25) is 4.68 Å². The normalized spacial score (nSPS) is 11.2. The summed E-state index contributed by atoms with van der Waals surface area (Å²) in [5, 5.41) is 17.0. The quantitative estimate of drug-likeness (QED) is 0.934. The fourth-order valence-electron chi connectivity index (χ4n) is 2.33. The number of anilines is 1. The molecule has 1 aromatic heterocycles. The van der Waals surface area contributed by atoms with Gasteiger partial charge in [0.25, 0.3) is 0 Å². The van der Waals surface area contributed by atoms with E-state index < -0.39 is 5.41 Å². The number of benzene rings is 1. The predicted octanol–water partition coefficient (Wildman–Crippen LogP) is 3.45. The van der Waals surface area contributed by atoms with Crippen LogP contribution in [0.5, 0.6) is 0 Å². The fourth-order valence-corrected chi connectivity index (χ4v) is 2.33. The van der Waals surface area contributed by atoms with Crippen LogP contribution in [0.1, 0.15) is 36.4 Å². The van der Waals surface area contributed by atoms with Crippen LogP contribution in [-0.2, 0) is 19.0 Å². The van der Waals surface area contributed by atoms with Crippen LogP contribution >= 0.6 is 0 Å². The molecule has 21 heavy (non-hydrogen) atoms. The first kappa shape index (κ1) is 15.1. The largest absolute Gasteiger partial charge is 0.381 e. The minimum absolute atomic E-state index is 0.449. The lowest BCUT2D eigenvalue weighted by Gasteiger charge is -2.16. The Kier molecular flexibility index (Phi) is 4.04. The minimum Gasteiger partial charge on any atom is -0.381 e. The molecule has 0 bridgehead atoms. The summed E-state index contributed by atoms with van der Waals surface area (Å²) in [5.74, 6) is 0. The van der Waals surface area contributed by atoms with Gasteiger partial charge >= 0.3 is 0 Å². The molecule has 0 fully saturated rings. The first-order chi connectivity index (χ1) is 9.85. The smallest absolute Gasteiger partial charge is 0.0766 e. The molecule has 4 heteroatoms. The molecule has 0 radical (unpaired) electrons. The van der Waals surface area contributed by atoms with Gasteiger partial charge in [-0.1, -0.05) is 12.1 Å². The topological polar surface area (TPSA) is 53.6 Å². The van der Waals surface area contributed by atoms with E-state index in [0.717, 1.165) is 23.5 Å². The molecule has 1 heterocycles. The molecule has 2 aromatic rings. The highest BCUT2D eigenvalue weighted by atomic mass is 15.3. The van der Waals surface area contributed by atoms with Gasteiger partial charge in [0.2, 0.25) is 0 Å². The Morgan fingerprint density at radius 1 is 1.24 bits per heavy atom. The van der Waals surface area contributed by atoms with Gasteiger partial charge in [-0.15, -0.1) is 0 Å². The number of hydrogen-bond donors (Lipinski definition) is 1. The predicted molar refractivity (Wildman–Crippen MR) is 85.1 cm³/mol. The summed E-state index contributed by atoms with van der Waals surface area (Å²) in [5.41, 5.74) is 5.11. The number of nitrogens with one attached hydrogen (secondary N) is 1. The standard InChI is InChI=1S/C17H22N4/c1-12-16(13(2)21(5)20-12)10-19-15-8-6-14(7-9-15)17(3,4)11-18/h6-9,19H,10H2,1-5H3. The Balaban J connectivity index is 2.10. The van der Waals surface area contributed by atoms with Crippen molar-refractivity contribution < 1.29 is 0 Å². The second-order valence-electron chi connectivity index (χ2n) is 5.94. The molecule has 2 rings (SSSR count). The Morgan fingerprint density at radius 3 is 2.33 bits per heavy atom. The van der Waals surface area contributed by atoms with Gasteiger partial charge in [0.05, 0.1) is 17.2 Å². The van der Waals surface area contributed by atoms with E-state index in [1.807, 2.05) is 56.8 Å². The Hall–Kier alpha value is -2.28. The van der Waals surface area contributed by atoms with Crippen LogP contribution in [0.15, 0.2) is 24.3 Å². The number of aryl methyl sites for hydroxylation is 2. The molecule has 0 aliphatic heterocycles. The highest BCUT2D eigenvalue weighted by Crippen LogP contribution is 2.24. The number of nitriles is 1. The summed E-state index contributed by atoms with van der Waals surface area (Å²) in [7, 11) is 1.96. The van der Waals surface area contributed by atoms with E-state index >= 15 is 0 Å². The molecule has 0 atom stereocenters. The molecular formula is C17H22N4. The SMILES string of the molecule is Cc1nn(C)c(C)c1CNc1ccc(C(C)(C)C#N)cc1. The molecular weight excluding hydrogens is 260 g/mol. The lowest BCUT2D eigenvalue weighted by atomic mass is 9.86. The van der Waals surface area contributed by atoms with E-state index in [0.29, 0.717) is 0 Å². The van der Waals surface area contributed by atoms with Crippen molar-refractivity contribution in [1.29, 1.82) is 5.26 Å². The zero-order valence-corrected chi connectivity index (χ0v) is 13.4. The van der Waals surface area contributed by atoms with Gasteiger partial charge in [0, 0.05) is 30.5 Å². The Morgan fingerprint density at radius 2 is 1.86 bits per heavy atom. The molecule has 0 unspecified atom stereocenters. The maximum absolute atomic E-state index is 9.16. The van der Waals surface area contributed by atoms with E-state index in [9.17, 15) is 0 Å². The molecule has 0 amide bonds. The van der Waals surface area contributed by atoms with E-state index in [1.165, 1.54) is 11.3 Å². The Bertz CT molecular complexity index is 672. The van der Waals surface area contributed by atoms with Crippen LogP contribution in [0.4, 0.5) is 5.69 Å². The molecule has 1 N–H and O–H groups in total. The van der Waals surface area contributed by atoms with Crippen molar-refractivity contribution in [3.8, 4) is 6.07 Å². The average molecular weight is 282 g/mol. The summed E-state index contributed by atoms with van der Waals surface area (Å²) in [6.45, 7) is 8.72. The molecule has 0 spiro atoms.